The first-order chi connectivity index (χ1) is 12.1. The van der Waals surface area contributed by atoms with E-state index in [0.29, 0.717) is 12.8 Å². The van der Waals surface area contributed by atoms with E-state index in [2.05, 4.69) is 6.58 Å². The summed E-state index contributed by atoms with van der Waals surface area (Å²) in [6, 6.07) is 0. The molecule has 0 saturated heterocycles. The van der Waals surface area contributed by atoms with Crippen LogP contribution >= 0.6 is 0 Å². The van der Waals surface area contributed by atoms with Crippen molar-refractivity contribution in [1.29, 1.82) is 0 Å². The molecule has 144 valence electrons. The van der Waals surface area contributed by atoms with E-state index < -0.39 is 46.4 Å². The monoisotopic (exact) mass is 364 g/mol. The van der Waals surface area contributed by atoms with Crippen LogP contribution in [0.2, 0.25) is 0 Å². The number of hydrogen-bond donors (Lipinski definition) is 4. The van der Waals surface area contributed by atoms with Crippen molar-refractivity contribution in [2.24, 2.45) is 34.0 Å². The van der Waals surface area contributed by atoms with E-state index in [9.17, 15) is 30.0 Å². The lowest BCUT2D eigenvalue weighted by Gasteiger charge is -2.65. The second-order valence-corrected chi connectivity index (χ2v) is 9.46. The number of hydrogen-bond acceptors (Lipinski definition) is 6. The van der Waals surface area contributed by atoms with E-state index in [1.807, 2.05) is 13.8 Å². The number of carbonyl (C=O) groups excluding carboxylic acids is 2. The number of rotatable bonds is 1. The van der Waals surface area contributed by atoms with Crippen molar-refractivity contribution in [1.82, 2.24) is 0 Å². The van der Waals surface area contributed by atoms with Crippen molar-refractivity contribution in [2.45, 2.75) is 57.8 Å². The smallest absolute Gasteiger partial charge is 0.170 e. The highest BCUT2D eigenvalue weighted by molar-refractivity contribution is 6.12. The minimum absolute atomic E-state index is 0.117. The molecule has 4 N–H and O–H groups in total. The maximum absolute atomic E-state index is 13.2. The first-order valence-electron chi connectivity index (χ1n) is 9.48. The lowest BCUT2D eigenvalue weighted by Crippen LogP contribution is -2.70. The summed E-state index contributed by atoms with van der Waals surface area (Å²) in [5.74, 6) is -2.26. The molecule has 0 radical (unpaired) electrons. The fourth-order valence-electron chi connectivity index (χ4n) is 7.14. The van der Waals surface area contributed by atoms with Crippen LogP contribution in [0.25, 0.3) is 0 Å². The number of ketones is 2. The van der Waals surface area contributed by atoms with Crippen LogP contribution in [0.1, 0.15) is 39.5 Å². The first-order valence-corrected chi connectivity index (χ1v) is 9.48. The quantitative estimate of drug-likeness (QED) is 0.495. The zero-order valence-electron chi connectivity index (χ0n) is 15.3. The SMILES string of the molecule is C=C1C(=O)[C@@]23[C@H](O)C[C@@H]4[C@@](C)(CO)[C@@H](O)CC[C@@]4(C)[C@@H]2CC(=O)[C@@H]1[C@H]3O. The van der Waals surface area contributed by atoms with Gasteiger partial charge < -0.3 is 20.4 Å². The summed E-state index contributed by atoms with van der Waals surface area (Å²) in [5, 5.41) is 42.7. The van der Waals surface area contributed by atoms with Crippen molar-refractivity contribution in [3.8, 4) is 0 Å². The molecular weight excluding hydrogens is 336 g/mol. The highest BCUT2D eigenvalue weighted by Crippen LogP contribution is 2.70. The summed E-state index contributed by atoms with van der Waals surface area (Å²) >= 11 is 0. The largest absolute Gasteiger partial charge is 0.396 e. The van der Waals surface area contributed by atoms with E-state index in [0.717, 1.165) is 0 Å². The predicted molar refractivity (Wildman–Crippen MR) is 91.8 cm³/mol. The van der Waals surface area contributed by atoms with Crippen LogP contribution in [0, 0.1) is 34.0 Å². The van der Waals surface area contributed by atoms with Gasteiger partial charge in [-0.2, -0.15) is 0 Å². The summed E-state index contributed by atoms with van der Waals surface area (Å²) in [6.07, 6.45) is -1.72. The van der Waals surface area contributed by atoms with Crippen LogP contribution in [0.4, 0.5) is 0 Å². The highest BCUT2D eigenvalue weighted by atomic mass is 16.3. The summed E-state index contributed by atoms with van der Waals surface area (Å²) in [6.45, 7) is 7.33. The normalized spacial score (nSPS) is 56.3. The standard InChI is InChI=1S/C20H28O6/c1-9-15-10(22)6-12-18(2)5-4-13(23)19(3,8-21)11(18)7-14(24)20(12,16(9)25)17(15)26/h11-15,17,21,23-24,26H,1,4-8H2,2-3H3/t11-,12-,13-,14+,15+,17+,18+,19+,20-/m0/s1. The van der Waals surface area contributed by atoms with Crippen molar-refractivity contribution < 1.29 is 30.0 Å². The molecular formula is C20H28O6. The molecule has 0 aromatic rings. The molecule has 4 aliphatic rings. The molecule has 6 nitrogen and oxygen atoms in total. The molecule has 0 aromatic heterocycles. The second kappa shape index (κ2) is 5.25. The predicted octanol–water partition coefficient (Wildman–Crippen LogP) is 0.218. The first kappa shape index (κ1) is 18.3. The Hall–Kier alpha value is -1.08. The Morgan fingerprint density at radius 2 is 1.77 bits per heavy atom. The van der Waals surface area contributed by atoms with Crippen molar-refractivity contribution in [2.75, 3.05) is 6.61 Å². The Bertz CT molecular complexity index is 702. The average Bonchev–Trinajstić information content (AvgIpc) is 2.73. The Morgan fingerprint density at radius 1 is 1.12 bits per heavy atom. The van der Waals surface area contributed by atoms with Gasteiger partial charge in [-0.05, 0) is 36.5 Å². The molecule has 4 rings (SSSR count). The zero-order chi connectivity index (χ0) is 19.2. The molecule has 4 aliphatic carbocycles. The van der Waals surface area contributed by atoms with Crippen molar-refractivity contribution in [3.63, 3.8) is 0 Å². The van der Waals surface area contributed by atoms with Crippen molar-refractivity contribution in [3.05, 3.63) is 12.2 Å². The second-order valence-electron chi connectivity index (χ2n) is 9.46. The molecule has 6 heteroatoms. The molecule has 0 aliphatic heterocycles. The van der Waals surface area contributed by atoms with E-state index >= 15 is 0 Å². The summed E-state index contributed by atoms with van der Waals surface area (Å²) in [7, 11) is 0. The van der Waals surface area contributed by atoms with Gasteiger partial charge in [0.1, 0.15) is 5.78 Å². The van der Waals surface area contributed by atoms with Gasteiger partial charge in [-0.3, -0.25) is 9.59 Å². The molecule has 0 unspecified atom stereocenters. The van der Waals surface area contributed by atoms with E-state index in [1.54, 1.807) is 0 Å². The number of carbonyl (C=O) groups is 2. The van der Waals surface area contributed by atoms with Gasteiger partial charge >= 0.3 is 0 Å². The molecule has 1 spiro atoms. The number of Topliss-reactive ketones (excluding diaryl/α,β-unsaturated/α-hetero) is 2. The molecule has 26 heavy (non-hydrogen) atoms. The fraction of sp³-hybridized carbons (Fsp3) is 0.800. The lowest BCUT2D eigenvalue weighted by molar-refractivity contribution is -0.243. The van der Waals surface area contributed by atoms with Gasteiger partial charge in [0.2, 0.25) is 0 Å². The number of aliphatic hydroxyl groups excluding tert-OH is 4. The van der Waals surface area contributed by atoms with Gasteiger partial charge in [-0.1, -0.05) is 20.4 Å². The molecule has 4 fully saturated rings. The van der Waals surface area contributed by atoms with Gasteiger partial charge in [-0.25, -0.2) is 0 Å². The Balaban J connectivity index is 1.90. The van der Waals surface area contributed by atoms with Gasteiger partial charge in [-0.15, -0.1) is 0 Å². The van der Waals surface area contributed by atoms with Crippen LogP contribution in [-0.4, -0.2) is 56.9 Å². The van der Waals surface area contributed by atoms with Gasteiger partial charge in [0.15, 0.2) is 5.78 Å². The van der Waals surface area contributed by atoms with Crippen LogP contribution in [0.15, 0.2) is 12.2 Å². The maximum atomic E-state index is 13.2. The zero-order valence-corrected chi connectivity index (χ0v) is 15.3. The lowest BCUT2D eigenvalue weighted by atomic mass is 9.39. The third-order valence-corrected chi connectivity index (χ3v) is 8.65. The molecule has 0 aromatic carbocycles. The van der Waals surface area contributed by atoms with Crippen LogP contribution < -0.4 is 0 Å². The van der Waals surface area contributed by atoms with Gasteiger partial charge in [0.25, 0.3) is 0 Å². The van der Waals surface area contributed by atoms with Crippen molar-refractivity contribution >= 4 is 11.6 Å². The number of aliphatic hydroxyl groups is 4. The van der Waals surface area contributed by atoms with Crippen LogP contribution in [-0.2, 0) is 9.59 Å². The Morgan fingerprint density at radius 3 is 2.38 bits per heavy atom. The summed E-state index contributed by atoms with van der Waals surface area (Å²) in [4.78, 5) is 25.9. The molecule has 0 heterocycles. The van der Waals surface area contributed by atoms with Crippen LogP contribution in [0.5, 0.6) is 0 Å². The summed E-state index contributed by atoms with van der Waals surface area (Å²) < 4.78 is 0. The minimum Gasteiger partial charge on any atom is -0.396 e. The third kappa shape index (κ3) is 1.72. The fourth-order valence-corrected chi connectivity index (χ4v) is 7.14. The molecule has 2 bridgehead atoms. The minimum atomic E-state index is -1.39. The number of fused-ring (bicyclic) bond motifs is 3. The molecule has 0 amide bonds. The average molecular weight is 364 g/mol. The Labute approximate surface area is 152 Å². The van der Waals surface area contributed by atoms with E-state index in [4.69, 9.17) is 0 Å². The van der Waals surface area contributed by atoms with Crippen LogP contribution in [0.3, 0.4) is 0 Å². The van der Waals surface area contributed by atoms with E-state index in [-0.39, 0.29) is 42.5 Å². The maximum Gasteiger partial charge on any atom is 0.170 e. The van der Waals surface area contributed by atoms with E-state index in [1.165, 1.54) is 0 Å². The topological polar surface area (TPSA) is 115 Å². The highest BCUT2D eigenvalue weighted by Gasteiger charge is 2.76. The Kier molecular flexibility index (Phi) is 3.69. The third-order valence-electron chi connectivity index (χ3n) is 8.65. The van der Waals surface area contributed by atoms with Gasteiger partial charge in [0, 0.05) is 17.4 Å². The van der Waals surface area contributed by atoms with Gasteiger partial charge in [0.05, 0.1) is 36.3 Å². The molecule has 9 atom stereocenters. The molecule has 4 saturated carbocycles. The summed E-state index contributed by atoms with van der Waals surface area (Å²) in [5.41, 5.74) is -2.64.